The summed E-state index contributed by atoms with van der Waals surface area (Å²) in [5.41, 5.74) is 0. The maximum Gasteiger partial charge on any atom is 0.323 e. The van der Waals surface area contributed by atoms with E-state index < -0.39 is 5.97 Å². The minimum absolute atomic E-state index is 0.00558. The van der Waals surface area contributed by atoms with Crippen LogP contribution >= 0.6 is 11.3 Å². The zero-order valence-electron chi connectivity index (χ0n) is 11.6. The first-order valence-electron chi connectivity index (χ1n) is 7.20. The van der Waals surface area contributed by atoms with Crippen molar-refractivity contribution in [1.82, 2.24) is 4.90 Å². The third kappa shape index (κ3) is 4.96. The molecule has 110 valence electrons. The molecule has 5 heteroatoms. The standard InChI is InChI=1S/C15H21NO3S/c17-14(16(11-15(18)19)12-8-9-12)7-3-1-2-5-13-6-4-10-20-13/h4,6,10,12H,1-3,5,7-9,11H2,(H,18,19). The zero-order valence-corrected chi connectivity index (χ0v) is 12.4. The molecule has 2 rings (SSSR count). The largest absolute Gasteiger partial charge is 0.480 e. The second-order valence-corrected chi connectivity index (χ2v) is 6.32. The van der Waals surface area contributed by atoms with Crippen LogP contribution in [-0.2, 0) is 16.0 Å². The monoisotopic (exact) mass is 295 g/mol. The fourth-order valence-electron chi connectivity index (χ4n) is 2.30. The van der Waals surface area contributed by atoms with Crippen molar-refractivity contribution in [2.24, 2.45) is 0 Å². The number of carboxylic acid groups (broad SMARTS) is 1. The lowest BCUT2D eigenvalue weighted by Gasteiger charge is -2.20. The highest BCUT2D eigenvalue weighted by molar-refractivity contribution is 7.09. The van der Waals surface area contributed by atoms with Gasteiger partial charge in [-0.3, -0.25) is 9.59 Å². The zero-order chi connectivity index (χ0) is 14.4. The van der Waals surface area contributed by atoms with E-state index in [-0.39, 0.29) is 18.5 Å². The Morgan fingerprint density at radius 2 is 2.10 bits per heavy atom. The summed E-state index contributed by atoms with van der Waals surface area (Å²) in [6, 6.07) is 4.38. The van der Waals surface area contributed by atoms with Gasteiger partial charge in [-0.15, -0.1) is 11.3 Å². The van der Waals surface area contributed by atoms with Gasteiger partial charge in [0.2, 0.25) is 5.91 Å². The fourth-order valence-corrected chi connectivity index (χ4v) is 3.05. The maximum absolute atomic E-state index is 12.0. The summed E-state index contributed by atoms with van der Waals surface area (Å²) in [5.74, 6) is -0.908. The Balaban J connectivity index is 1.62. The molecule has 0 atom stereocenters. The smallest absolute Gasteiger partial charge is 0.323 e. The number of aliphatic carboxylic acids is 1. The van der Waals surface area contributed by atoms with Crippen molar-refractivity contribution in [3.63, 3.8) is 0 Å². The van der Waals surface area contributed by atoms with Crippen LogP contribution in [0.4, 0.5) is 0 Å². The van der Waals surface area contributed by atoms with E-state index in [1.165, 1.54) is 4.88 Å². The number of amides is 1. The van der Waals surface area contributed by atoms with Crippen LogP contribution in [0.3, 0.4) is 0 Å². The van der Waals surface area contributed by atoms with E-state index in [4.69, 9.17) is 5.11 Å². The van der Waals surface area contributed by atoms with E-state index in [1.54, 1.807) is 16.2 Å². The number of unbranched alkanes of at least 4 members (excludes halogenated alkanes) is 2. The number of carboxylic acids is 1. The molecule has 0 aliphatic heterocycles. The van der Waals surface area contributed by atoms with Crippen LogP contribution in [0.15, 0.2) is 17.5 Å². The third-order valence-electron chi connectivity index (χ3n) is 3.51. The molecule has 0 bridgehead atoms. The fraction of sp³-hybridized carbons (Fsp3) is 0.600. The minimum Gasteiger partial charge on any atom is -0.480 e. The van der Waals surface area contributed by atoms with Crippen LogP contribution in [0.1, 0.15) is 43.4 Å². The van der Waals surface area contributed by atoms with Crippen molar-refractivity contribution < 1.29 is 14.7 Å². The molecule has 1 aliphatic carbocycles. The van der Waals surface area contributed by atoms with Gasteiger partial charge in [0, 0.05) is 17.3 Å². The molecule has 1 fully saturated rings. The summed E-state index contributed by atoms with van der Waals surface area (Å²) in [6.45, 7) is -0.140. The van der Waals surface area contributed by atoms with Crippen molar-refractivity contribution in [2.75, 3.05) is 6.54 Å². The Morgan fingerprint density at radius 1 is 1.30 bits per heavy atom. The summed E-state index contributed by atoms with van der Waals surface area (Å²) in [4.78, 5) is 25.7. The number of aryl methyl sites for hydroxylation is 1. The van der Waals surface area contributed by atoms with Gasteiger partial charge in [0.05, 0.1) is 0 Å². The molecule has 20 heavy (non-hydrogen) atoms. The molecule has 0 spiro atoms. The maximum atomic E-state index is 12.0. The van der Waals surface area contributed by atoms with Gasteiger partial charge in [0.25, 0.3) is 0 Å². The van der Waals surface area contributed by atoms with Gasteiger partial charge in [-0.2, -0.15) is 0 Å². The quantitative estimate of drug-likeness (QED) is 0.713. The topological polar surface area (TPSA) is 57.6 Å². The molecule has 1 aromatic rings. The summed E-state index contributed by atoms with van der Waals surface area (Å²) in [7, 11) is 0. The Bertz CT molecular complexity index is 440. The minimum atomic E-state index is -0.914. The highest BCUT2D eigenvalue weighted by Crippen LogP contribution is 2.27. The van der Waals surface area contributed by atoms with Gasteiger partial charge in [-0.25, -0.2) is 0 Å². The van der Waals surface area contributed by atoms with Crippen LogP contribution in [0.5, 0.6) is 0 Å². The molecule has 0 saturated heterocycles. The predicted octanol–water partition coefficient (Wildman–Crippen LogP) is 2.93. The van der Waals surface area contributed by atoms with E-state index in [0.29, 0.717) is 6.42 Å². The van der Waals surface area contributed by atoms with E-state index in [9.17, 15) is 9.59 Å². The SMILES string of the molecule is O=C(O)CN(C(=O)CCCCCc1cccs1)C1CC1. The molecule has 4 nitrogen and oxygen atoms in total. The molecule has 0 aromatic carbocycles. The molecular formula is C15H21NO3S. The average molecular weight is 295 g/mol. The number of carbonyl (C=O) groups is 2. The van der Waals surface area contributed by atoms with Crippen molar-refractivity contribution >= 4 is 23.2 Å². The van der Waals surface area contributed by atoms with E-state index in [0.717, 1.165) is 38.5 Å². The number of carbonyl (C=O) groups excluding carboxylic acids is 1. The van der Waals surface area contributed by atoms with Crippen molar-refractivity contribution in [2.45, 2.75) is 51.0 Å². The van der Waals surface area contributed by atoms with Crippen LogP contribution in [0, 0.1) is 0 Å². The molecule has 1 N–H and O–H groups in total. The Labute approximate surface area is 123 Å². The molecule has 1 heterocycles. The van der Waals surface area contributed by atoms with Crippen LogP contribution < -0.4 is 0 Å². The predicted molar refractivity (Wildman–Crippen MR) is 78.9 cm³/mol. The first-order chi connectivity index (χ1) is 9.66. The normalized spacial score (nSPS) is 14.2. The first-order valence-corrected chi connectivity index (χ1v) is 8.08. The number of hydrogen-bond donors (Lipinski definition) is 1. The van der Waals surface area contributed by atoms with Crippen LogP contribution in [0.25, 0.3) is 0 Å². The van der Waals surface area contributed by atoms with Gasteiger partial charge in [0.15, 0.2) is 0 Å². The number of nitrogens with zero attached hydrogens (tertiary/aromatic N) is 1. The highest BCUT2D eigenvalue weighted by Gasteiger charge is 2.33. The Kier molecular flexibility index (Phi) is 5.59. The molecule has 0 unspecified atom stereocenters. The third-order valence-corrected chi connectivity index (χ3v) is 4.44. The summed E-state index contributed by atoms with van der Waals surface area (Å²) in [5, 5.41) is 10.9. The molecule has 0 radical (unpaired) electrons. The van der Waals surface area contributed by atoms with Gasteiger partial charge in [-0.05, 0) is 43.6 Å². The van der Waals surface area contributed by atoms with Gasteiger partial charge in [0.1, 0.15) is 6.54 Å². The first kappa shape index (κ1) is 15.0. The van der Waals surface area contributed by atoms with E-state index >= 15 is 0 Å². The molecule has 1 amide bonds. The van der Waals surface area contributed by atoms with E-state index in [2.05, 4.69) is 17.5 Å². The van der Waals surface area contributed by atoms with Crippen LogP contribution in [0.2, 0.25) is 0 Å². The van der Waals surface area contributed by atoms with Crippen molar-refractivity contribution in [3.05, 3.63) is 22.4 Å². The van der Waals surface area contributed by atoms with Crippen molar-refractivity contribution in [1.29, 1.82) is 0 Å². The number of hydrogen-bond acceptors (Lipinski definition) is 3. The number of rotatable bonds is 9. The lowest BCUT2D eigenvalue weighted by atomic mass is 10.1. The van der Waals surface area contributed by atoms with Crippen LogP contribution in [-0.4, -0.2) is 34.5 Å². The van der Waals surface area contributed by atoms with Gasteiger partial charge in [-0.1, -0.05) is 12.5 Å². The lowest BCUT2D eigenvalue weighted by molar-refractivity contribution is -0.145. The van der Waals surface area contributed by atoms with E-state index in [1.807, 2.05) is 0 Å². The van der Waals surface area contributed by atoms with Gasteiger partial charge < -0.3 is 10.0 Å². The molecular weight excluding hydrogens is 274 g/mol. The van der Waals surface area contributed by atoms with Crippen molar-refractivity contribution in [3.8, 4) is 0 Å². The Hall–Kier alpha value is -1.36. The summed E-state index contributed by atoms with van der Waals surface area (Å²) in [6.07, 6.45) is 6.44. The lowest BCUT2D eigenvalue weighted by Crippen LogP contribution is -2.37. The average Bonchev–Trinajstić information content (AvgIpc) is 3.12. The second kappa shape index (κ2) is 7.43. The molecule has 1 aromatic heterocycles. The van der Waals surface area contributed by atoms with Gasteiger partial charge >= 0.3 is 5.97 Å². The summed E-state index contributed by atoms with van der Waals surface area (Å²) < 4.78 is 0. The Morgan fingerprint density at radius 3 is 2.70 bits per heavy atom. The summed E-state index contributed by atoms with van der Waals surface area (Å²) >= 11 is 1.77. The second-order valence-electron chi connectivity index (χ2n) is 5.29. The molecule has 1 aliphatic rings. The highest BCUT2D eigenvalue weighted by atomic mass is 32.1. The molecule has 1 saturated carbocycles. The number of thiophene rings is 1.